The first-order valence-corrected chi connectivity index (χ1v) is 6.22. The van der Waals surface area contributed by atoms with Crippen LogP contribution in [0.25, 0.3) is 0 Å². The number of nitrogens with one attached hydrogen (secondary N) is 2. The van der Waals surface area contributed by atoms with E-state index >= 15 is 0 Å². The Balaban J connectivity index is 2.08. The van der Waals surface area contributed by atoms with Crippen LogP contribution >= 0.6 is 0 Å². The number of nitrogens with zero attached hydrogens (tertiary/aromatic N) is 3. The first-order valence-electron chi connectivity index (χ1n) is 6.22. The molecule has 21 heavy (non-hydrogen) atoms. The molecule has 1 amide bonds. The third-order valence-electron chi connectivity index (χ3n) is 2.56. The standard InChI is InChI=1S/C15H13N5O/c1-2-8-17-15-18-9-7-13(20-15)14(21)19-12-5-3-11(10-16)4-6-12/h2-7,9H,1,8H2,(H,19,21)(H,17,18,20). The second kappa shape index (κ2) is 6.82. The van der Waals surface area contributed by atoms with Crippen LogP contribution in [0.1, 0.15) is 16.1 Å². The summed E-state index contributed by atoms with van der Waals surface area (Å²) < 4.78 is 0. The van der Waals surface area contributed by atoms with Crippen LogP contribution in [0.4, 0.5) is 11.6 Å². The lowest BCUT2D eigenvalue weighted by atomic mass is 10.2. The third kappa shape index (κ3) is 3.88. The Labute approximate surface area is 122 Å². The molecule has 1 heterocycles. The maximum Gasteiger partial charge on any atom is 0.274 e. The van der Waals surface area contributed by atoms with Gasteiger partial charge in [0, 0.05) is 18.4 Å². The lowest BCUT2D eigenvalue weighted by molar-refractivity contribution is 0.102. The van der Waals surface area contributed by atoms with Crippen molar-refractivity contribution in [2.24, 2.45) is 0 Å². The van der Waals surface area contributed by atoms with Gasteiger partial charge in [-0.05, 0) is 30.3 Å². The number of anilines is 2. The average molecular weight is 279 g/mol. The Hall–Kier alpha value is -3.20. The van der Waals surface area contributed by atoms with Gasteiger partial charge >= 0.3 is 0 Å². The largest absolute Gasteiger partial charge is 0.351 e. The van der Waals surface area contributed by atoms with Crippen LogP contribution in [0.2, 0.25) is 0 Å². The Morgan fingerprint density at radius 2 is 2.10 bits per heavy atom. The van der Waals surface area contributed by atoms with Gasteiger partial charge in [-0.3, -0.25) is 4.79 Å². The van der Waals surface area contributed by atoms with Crippen molar-refractivity contribution in [2.75, 3.05) is 17.2 Å². The van der Waals surface area contributed by atoms with Gasteiger partial charge < -0.3 is 10.6 Å². The molecule has 2 rings (SSSR count). The smallest absolute Gasteiger partial charge is 0.274 e. The number of carbonyl (C=O) groups excluding carboxylic acids is 1. The van der Waals surface area contributed by atoms with E-state index < -0.39 is 0 Å². The van der Waals surface area contributed by atoms with Crippen molar-refractivity contribution in [3.8, 4) is 6.07 Å². The molecular weight excluding hydrogens is 266 g/mol. The van der Waals surface area contributed by atoms with E-state index in [1.165, 1.54) is 12.3 Å². The minimum Gasteiger partial charge on any atom is -0.351 e. The van der Waals surface area contributed by atoms with E-state index in [0.717, 1.165) is 0 Å². The zero-order chi connectivity index (χ0) is 15.1. The second-order valence-corrected chi connectivity index (χ2v) is 4.08. The zero-order valence-electron chi connectivity index (χ0n) is 11.2. The van der Waals surface area contributed by atoms with Crippen molar-refractivity contribution in [1.29, 1.82) is 5.26 Å². The number of benzene rings is 1. The van der Waals surface area contributed by atoms with Crippen molar-refractivity contribution in [3.05, 3.63) is 60.4 Å². The summed E-state index contributed by atoms with van der Waals surface area (Å²) in [5.74, 6) is 0.0196. The van der Waals surface area contributed by atoms with Crippen molar-refractivity contribution < 1.29 is 4.79 Å². The Kier molecular flexibility index (Phi) is 4.62. The molecule has 6 nitrogen and oxygen atoms in total. The van der Waals surface area contributed by atoms with E-state index in [2.05, 4.69) is 27.2 Å². The van der Waals surface area contributed by atoms with Crippen molar-refractivity contribution in [2.45, 2.75) is 0 Å². The zero-order valence-corrected chi connectivity index (χ0v) is 11.2. The van der Waals surface area contributed by atoms with Crippen LogP contribution in [-0.4, -0.2) is 22.4 Å². The summed E-state index contributed by atoms with van der Waals surface area (Å²) in [6.07, 6.45) is 3.18. The maximum absolute atomic E-state index is 12.1. The highest BCUT2D eigenvalue weighted by atomic mass is 16.1. The molecule has 0 unspecified atom stereocenters. The highest BCUT2D eigenvalue weighted by Crippen LogP contribution is 2.10. The summed E-state index contributed by atoms with van der Waals surface area (Å²) in [7, 11) is 0. The van der Waals surface area contributed by atoms with Crippen molar-refractivity contribution >= 4 is 17.5 Å². The molecule has 0 spiro atoms. The van der Waals surface area contributed by atoms with Crippen LogP contribution in [-0.2, 0) is 0 Å². The Morgan fingerprint density at radius 3 is 2.76 bits per heavy atom. The van der Waals surface area contributed by atoms with E-state index in [0.29, 0.717) is 23.7 Å². The summed E-state index contributed by atoms with van der Waals surface area (Å²) in [4.78, 5) is 20.2. The summed E-state index contributed by atoms with van der Waals surface area (Å²) in [6.45, 7) is 4.10. The van der Waals surface area contributed by atoms with E-state index in [4.69, 9.17) is 5.26 Å². The molecule has 0 saturated heterocycles. The molecule has 0 aliphatic rings. The normalized spacial score (nSPS) is 9.48. The minimum absolute atomic E-state index is 0.251. The minimum atomic E-state index is -0.344. The first kappa shape index (κ1) is 14.2. The number of hydrogen-bond donors (Lipinski definition) is 2. The lowest BCUT2D eigenvalue weighted by Gasteiger charge is -2.06. The molecule has 0 bridgehead atoms. The van der Waals surface area contributed by atoms with Crippen LogP contribution in [0, 0.1) is 11.3 Å². The van der Waals surface area contributed by atoms with Crippen LogP contribution in [0.5, 0.6) is 0 Å². The van der Waals surface area contributed by atoms with Gasteiger partial charge in [-0.1, -0.05) is 6.08 Å². The molecule has 104 valence electrons. The van der Waals surface area contributed by atoms with Gasteiger partial charge in [-0.2, -0.15) is 5.26 Å². The Bertz CT molecular complexity index is 688. The van der Waals surface area contributed by atoms with Gasteiger partial charge in [0.1, 0.15) is 5.69 Å². The highest BCUT2D eigenvalue weighted by molar-refractivity contribution is 6.02. The number of aromatic nitrogens is 2. The van der Waals surface area contributed by atoms with E-state index in [9.17, 15) is 4.79 Å². The molecule has 0 aliphatic heterocycles. The molecule has 0 radical (unpaired) electrons. The molecule has 2 aromatic rings. The molecule has 6 heteroatoms. The Morgan fingerprint density at radius 1 is 1.33 bits per heavy atom. The second-order valence-electron chi connectivity index (χ2n) is 4.08. The lowest BCUT2D eigenvalue weighted by Crippen LogP contribution is -2.15. The summed E-state index contributed by atoms with van der Waals surface area (Å²) in [6, 6.07) is 10.1. The van der Waals surface area contributed by atoms with Gasteiger partial charge in [-0.15, -0.1) is 6.58 Å². The summed E-state index contributed by atoms with van der Waals surface area (Å²) in [5, 5.41) is 14.3. The van der Waals surface area contributed by atoms with E-state index in [1.807, 2.05) is 6.07 Å². The number of hydrogen-bond acceptors (Lipinski definition) is 5. The predicted octanol–water partition coefficient (Wildman–Crippen LogP) is 2.20. The topological polar surface area (TPSA) is 90.7 Å². The SMILES string of the molecule is C=CCNc1nccc(C(=O)Nc2ccc(C#N)cc2)n1. The van der Waals surface area contributed by atoms with E-state index in [1.54, 1.807) is 30.3 Å². The fraction of sp³-hybridized carbons (Fsp3) is 0.0667. The number of rotatable bonds is 5. The molecule has 0 saturated carbocycles. The molecular formula is C15H13N5O. The van der Waals surface area contributed by atoms with Gasteiger partial charge in [0.05, 0.1) is 11.6 Å². The number of carbonyl (C=O) groups is 1. The molecule has 0 fully saturated rings. The van der Waals surface area contributed by atoms with Gasteiger partial charge in [0.15, 0.2) is 0 Å². The third-order valence-corrected chi connectivity index (χ3v) is 2.56. The highest BCUT2D eigenvalue weighted by Gasteiger charge is 2.09. The summed E-state index contributed by atoms with van der Waals surface area (Å²) in [5.41, 5.74) is 1.38. The van der Waals surface area contributed by atoms with Crippen LogP contribution < -0.4 is 10.6 Å². The predicted molar refractivity (Wildman–Crippen MR) is 79.8 cm³/mol. The van der Waals surface area contributed by atoms with Crippen LogP contribution in [0.15, 0.2) is 49.2 Å². The van der Waals surface area contributed by atoms with Crippen molar-refractivity contribution in [1.82, 2.24) is 9.97 Å². The molecule has 0 atom stereocenters. The van der Waals surface area contributed by atoms with E-state index in [-0.39, 0.29) is 11.6 Å². The van der Waals surface area contributed by atoms with Crippen molar-refractivity contribution in [3.63, 3.8) is 0 Å². The molecule has 1 aromatic carbocycles. The summed E-state index contributed by atoms with van der Waals surface area (Å²) >= 11 is 0. The average Bonchev–Trinajstić information content (AvgIpc) is 2.54. The fourth-order valence-electron chi connectivity index (χ4n) is 1.56. The van der Waals surface area contributed by atoms with Gasteiger partial charge in [-0.25, -0.2) is 9.97 Å². The van der Waals surface area contributed by atoms with Gasteiger partial charge in [0.2, 0.25) is 5.95 Å². The number of amides is 1. The first-order chi connectivity index (χ1) is 10.2. The fourth-order valence-corrected chi connectivity index (χ4v) is 1.56. The van der Waals surface area contributed by atoms with Crippen LogP contribution in [0.3, 0.4) is 0 Å². The monoisotopic (exact) mass is 279 g/mol. The molecule has 2 N–H and O–H groups in total. The molecule has 1 aromatic heterocycles. The quantitative estimate of drug-likeness (QED) is 0.819. The van der Waals surface area contributed by atoms with Gasteiger partial charge in [0.25, 0.3) is 5.91 Å². The number of nitriles is 1. The maximum atomic E-state index is 12.1. The molecule has 0 aliphatic carbocycles.